The van der Waals surface area contributed by atoms with Gasteiger partial charge in [0.05, 0.1) is 18.9 Å². The molecule has 21 heavy (non-hydrogen) atoms. The lowest BCUT2D eigenvalue weighted by molar-refractivity contribution is -0.123. The summed E-state index contributed by atoms with van der Waals surface area (Å²) in [6, 6.07) is 3.61. The molecular weight excluding hydrogens is 275 g/mol. The molecular formula is C15H15FN2O3. The van der Waals surface area contributed by atoms with Crippen molar-refractivity contribution >= 4 is 17.6 Å². The summed E-state index contributed by atoms with van der Waals surface area (Å²) >= 11 is 0. The van der Waals surface area contributed by atoms with E-state index in [2.05, 4.69) is 0 Å². The predicted octanol–water partition coefficient (Wildman–Crippen LogP) is 1.87. The molecule has 0 aromatic heterocycles. The maximum Gasteiger partial charge on any atom is 0.332 e. The van der Waals surface area contributed by atoms with Crippen LogP contribution in [-0.2, 0) is 9.53 Å². The van der Waals surface area contributed by atoms with Crippen molar-refractivity contribution in [3.63, 3.8) is 0 Å². The minimum absolute atomic E-state index is 0.226. The van der Waals surface area contributed by atoms with Crippen molar-refractivity contribution in [2.45, 2.75) is 24.8 Å². The highest BCUT2D eigenvalue weighted by Crippen LogP contribution is 2.42. The van der Waals surface area contributed by atoms with Crippen LogP contribution in [0.5, 0.6) is 0 Å². The van der Waals surface area contributed by atoms with Crippen molar-refractivity contribution in [1.82, 2.24) is 4.90 Å². The zero-order valence-corrected chi connectivity index (χ0v) is 11.4. The van der Waals surface area contributed by atoms with E-state index in [1.54, 1.807) is 6.07 Å². The predicted molar refractivity (Wildman–Crippen MR) is 72.6 cm³/mol. The van der Waals surface area contributed by atoms with Gasteiger partial charge in [-0.3, -0.25) is 4.79 Å². The molecule has 2 heterocycles. The van der Waals surface area contributed by atoms with E-state index in [1.807, 2.05) is 0 Å². The maximum atomic E-state index is 13.8. The van der Waals surface area contributed by atoms with Crippen molar-refractivity contribution < 1.29 is 18.7 Å². The Kier molecular flexibility index (Phi) is 2.75. The van der Waals surface area contributed by atoms with Crippen LogP contribution < -0.4 is 4.90 Å². The molecule has 0 bridgehead atoms. The van der Waals surface area contributed by atoms with Gasteiger partial charge in [0.2, 0.25) is 0 Å². The molecule has 1 atom stereocenters. The monoisotopic (exact) mass is 290 g/mol. The van der Waals surface area contributed by atoms with Crippen LogP contribution in [0.25, 0.3) is 0 Å². The number of urea groups is 1. The molecule has 1 aromatic carbocycles. The average Bonchev–Trinajstić information content (AvgIpc) is 3.30. The molecule has 110 valence electrons. The SMILES string of the molecule is O=C1C2COCCN2C(=O)N1c1ccc(F)c(C2CC2)c1. The summed E-state index contributed by atoms with van der Waals surface area (Å²) in [4.78, 5) is 27.5. The van der Waals surface area contributed by atoms with Crippen LogP contribution in [0.4, 0.5) is 14.9 Å². The first-order valence-corrected chi connectivity index (χ1v) is 7.18. The summed E-state index contributed by atoms with van der Waals surface area (Å²) in [5.41, 5.74) is 1.07. The van der Waals surface area contributed by atoms with E-state index in [0.717, 1.165) is 17.7 Å². The number of benzene rings is 1. The quantitative estimate of drug-likeness (QED) is 0.781. The topological polar surface area (TPSA) is 49.9 Å². The van der Waals surface area contributed by atoms with Crippen molar-refractivity contribution in [2.24, 2.45) is 0 Å². The van der Waals surface area contributed by atoms with Gasteiger partial charge >= 0.3 is 6.03 Å². The van der Waals surface area contributed by atoms with Gasteiger partial charge in [-0.1, -0.05) is 0 Å². The molecule has 0 spiro atoms. The van der Waals surface area contributed by atoms with Crippen molar-refractivity contribution in [1.29, 1.82) is 0 Å². The van der Waals surface area contributed by atoms with E-state index in [4.69, 9.17) is 4.74 Å². The molecule has 1 aromatic rings. The van der Waals surface area contributed by atoms with Crippen LogP contribution in [-0.4, -0.2) is 42.6 Å². The number of carbonyl (C=O) groups is 2. The highest BCUT2D eigenvalue weighted by molar-refractivity contribution is 6.21. The van der Waals surface area contributed by atoms with E-state index >= 15 is 0 Å². The number of ether oxygens (including phenoxy) is 1. The number of morpholine rings is 1. The lowest BCUT2D eigenvalue weighted by Gasteiger charge is -2.26. The average molecular weight is 290 g/mol. The van der Waals surface area contributed by atoms with Crippen LogP contribution in [0.15, 0.2) is 18.2 Å². The Hall–Kier alpha value is -1.95. The van der Waals surface area contributed by atoms with E-state index in [1.165, 1.54) is 17.0 Å². The molecule has 0 N–H and O–H groups in total. The Balaban J connectivity index is 1.71. The smallest absolute Gasteiger partial charge is 0.332 e. The summed E-state index contributed by atoms with van der Waals surface area (Å²) in [6.45, 7) is 1.10. The Labute approximate surface area is 121 Å². The second-order valence-electron chi connectivity index (χ2n) is 5.72. The zero-order valence-electron chi connectivity index (χ0n) is 11.4. The number of imide groups is 1. The minimum atomic E-state index is -0.541. The van der Waals surface area contributed by atoms with Crippen LogP contribution in [0.3, 0.4) is 0 Å². The molecule has 1 unspecified atom stereocenters. The van der Waals surface area contributed by atoms with E-state index < -0.39 is 6.04 Å². The van der Waals surface area contributed by atoms with E-state index in [9.17, 15) is 14.0 Å². The molecule has 6 heteroatoms. The Morgan fingerprint density at radius 1 is 1.24 bits per heavy atom. The molecule has 1 saturated carbocycles. The zero-order chi connectivity index (χ0) is 14.6. The largest absolute Gasteiger partial charge is 0.377 e. The molecule has 1 aliphatic carbocycles. The number of rotatable bonds is 2. The van der Waals surface area contributed by atoms with Gasteiger partial charge in [-0.05, 0) is 42.5 Å². The molecule has 2 saturated heterocycles. The number of fused-ring (bicyclic) bond motifs is 1. The van der Waals surface area contributed by atoms with Gasteiger partial charge in [0.1, 0.15) is 11.9 Å². The lowest BCUT2D eigenvalue weighted by atomic mass is 10.1. The number of amides is 3. The van der Waals surface area contributed by atoms with Gasteiger partial charge in [-0.25, -0.2) is 14.1 Å². The number of carbonyl (C=O) groups excluding carboxylic acids is 2. The van der Waals surface area contributed by atoms with Crippen LogP contribution >= 0.6 is 0 Å². The van der Waals surface area contributed by atoms with Gasteiger partial charge in [0.25, 0.3) is 5.91 Å². The summed E-state index contributed by atoms with van der Waals surface area (Å²) < 4.78 is 19.1. The molecule has 3 fully saturated rings. The first-order valence-electron chi connectivity index (χ1n) is 7.18. The van der Waals surface area contributed by atoms with E-state index in [-0.39, 0.29) is 30.3 Å². The summed E-state index contributed by atoms with van der Waals surface area (Å²) in [6.07, 6.45) is 1.93. The summed E-state index contributed by atoms with van der Waals surface area (Å²) in [5.74, 6) is -0.321. The van der Waals surface area contributed by atoms with Crippen LogP contribution in [0.1, 0.15) is 24.3 Å². The molecule has 3 amide bonds. The number of halogens is 1. The van der Waals surface area contributed by atoms with Gasteiger partial charge in [0, 0.05) is 6.54 Å². The Bertz CT molecular complexity index is 605. The van der Waals surface area contributed by atoms with Crippen LogP contribution in [0, 0.1) is 5.82 Å². The first-order chi connectivity index (χ1) is 10.2. The second-order valence-corrected chi connectivity index (χ2v) is 5.72. The highest BCUT2D eigenvalue weighted by Gasteiger charge is 2.47. The fourth-order valence-corrected chi connectivity index (χ4v) is 3.02. The standard InChI is InChI=1S/C15H15FN2O3/c16-12-4-3-10(7-11(12)9-1-2-9)18-14(19)13-8-21-6-5-17(13)15(18)20/h3-4,7,9,13H,1-2,5-6,8H2. The third-order valence-electron chi connectivity index (χ3n) is 4.33. The molecule has 4 rings (SSSR count). The molecule has 3 aliphatic rings. The minimum Gasteiger partial charge on any atom is -0.377 e. The van der Waals surface area contributed by atoms with Gasteiger partial charge in [0.15, 0.2) is 0 Å². The summed E-state index contributed by atoms with van der Waals surface area (Å²) in [7, 11) is 0. The Morgan fingerprint density at radius 2 is 2.05 bits per heavy atom. The fourth-order valence-electron chi connectivity index (χ4n) is 3.02. The second kappa shape index (κ2) is 4.53. The van der Waals surface area contributed by atoms with Crippen molar-refractivity contribution in [3.8, 4) is 0 Å². The number of hydrogen-bond acceptors (Lipinski definition) is 3. The van der Waals surface area contributed by atoms with Gasteiger partial charge < -0.3 is 9.64 Å². The first kappa shape index (κ1) is 12.8. The fraction of sp³-hybridized carbons (Fsp3) is 0.467. The van der Waals surface area contributed by atoms with Gasteiger partial charge in [-0.2, -0.15) is 0 Å². The summed E-state index contributed by atoms with van der Waals surface area (Å²) in [5, 5.41) is 0. The third-order valence-corrected chi connectivity index (χ3v) is 4.33. The molecule has 5 nitrogen and oxygen atoms in total. The van der Waals surface area contributed by atoms with Crippen molar-refractivity contribution in [2.75, 3.05) is 24.7 Å². The normalized spacial score (nSPS) is 25.5. The molecule has 0 radical (unpaired) electrons. The number of hydrogen-bond donors (Lipinski definition) is 0. The van der Waals surface area contributed by atoms with Crippen LogP contribution in [0.2, 0.25) is 0 Å². The van der Waals surface area contributed by atoms with Gasteiger partial charge in [-0.15, -0.1) is 0 Å². The maximum absolute atomic E-state index is 13.8. The molecule has 2 aliphatic heterocycles. The third kappa shape index (κ3) is 1.93. The lowest BCUT2D eigenvalue weighted by Crippen LogP contribution is -2.45. The van der Waals surface area contributed by atoms with Crippen molar-refractivity contribution in [3.05, 3.63) is 29.6 Å². The number of anilines is 1. The highest BCUT2D eigenvalue weighted by atomic mass is 19.1. The van der Waals surface area contributed by atoms with E-state index in [0.29, 0.717) is 24.4 Å². The Morgan fingerprint density at radius 3 is 2.76 bits per heavy atom. The number of nitrogens with zero attached hydrogens (tertiary/aromatic N) is 2.